The van der Waals surface area contributed by atoms with E-state index >= 15 is 0 Å². The van der Waals surface area contributed by atoms with Crippen molar-refractivity contribution in [2.45, 2.75) is 0 Å². The molecule has 0 spiro atoms. The van der Waals surface area contributed by atoms with Gasteiger partial charge in [0, 0.05) is 0 Å². The first-order valence-corrected chi connectivity index (χ1v) is 3.72. The molecule has 0 aromatic rings. The Labute approximate surface area is 76.1 Å². The van der Waals surface area contributed by atoms with Crippen molar-refractivity contribution < 1.29 is 9.59 Å². The van der Waals surface area contributed by atoms with Gasteiger partial charge in [-0.1, -0.05) is 31.4 Å². The molecule has 2 amide bonds. The molecule has 1 aliphatic rings. The van der Waals surface area contributed by atoms with Crippen molar-refractivity contribution in [3.05, 3.63) is 48.6 Å². The molecular formula is C10H9NO2. The number of imide groups is 1. The van der Waals surface area contributed by atoms with Gasteiger partial charge in [0.1, 0.15) is 0 Å². The first-order chi connectivity index (χ1) is 6.20. The summed E-state index contributed by atoms with van der Waals surface area (Å²) in [5, 5.41) is 2.17. The molecule has 0 bridgehead atoms. The molecule has 66 valence electrons. The summed E-state index contributed by atoms with van der Waals surface area (Å²) in [6, 6.07) is 0. The third-order valence-corrected chi connectivity index (χ3v) is 1.61. The highest BCUT2D eigenvalue weighted by atomic mass is 16.2. The van der Waals surface area contributed by atoms with Crippen LogP contribution >= 0.6 is 0 Å². The van der Waals surface area contributed by atoms with Crippen LogP contribution in [0.2, 0.25) is 0 Å². The van der Waals surface area contributed by atoms with Gasteiger partial charge in [0.2, 0.25) is 0 Å². The summed E-state index contributed by atoms with van der Waals surface area (Å²) < 4.78 is 0. The molecule has 3 nitrogen and oxygen atoms in total. The highest BCUT2D eigenvalue weighted by molar-refractivity contribution is 6.22. The van der Waals surface area contributed by atoms with E-state index in [1.807, 2.05) is 0 Å². The van der Waals surface area contributed by atoms with E-state index < -0.39 is 11.8 Å². The smallest absolute Gasteiger partial charge is 0.258 e. The van der Waals surface area contributed by atoms with Crippen LogP contribution in [0.3, 0.4) is 0 Å². The monoisotopic (exact) mass is 175 g/mol. The number of nitrogens with one attached hydrogen (secondary N) is 1. The maximum absolute atomic E-state index is 11.1. The lowest BCUT2D eigenvalue weighted by molar-refractivity contribution is -0.123. The topological polar surface area (TPSA) is 46.2 Å². The predicted octanol–water partition coefficient (Wildman–Crippen LogP) is 0.868. The highest BCUT2D eigenvalue weighted by Gasteiger charge is 2.25. The molecule has 13 heavy (non-hydrogen) atoms. The summed E-state index contributed by atoms with van der Waals surface area (Å²) in [5.74, 6) is -0.790. The SMILES string of the molecule is C=C/C=C\C1=C(C=C)C(=O)NC1=O. The quantitative estimate of drug-likeness (QED) is 0.511. The van der Waals surface area contributed by atoms with E-state index in [2.05, 4.69) is 18.5 Å². The van der Waals surface area contributed by atoms with E-state index in [9.17, 15) is 9.59 Å². The van der Waals surface area contributed by atoms with E-state index in [0.717, 1.165) is 0 Å². The summed E-state index contributed by atoms with van der Waals surface area (Å²) in [6.45, 7) is 6.92. The standard InChI is InChI=1S/C10H9NO2/c1-3-5-6-8-7(4-2)9(12)11-10(8)13/h3-6H,1-2H2,(H,11,12,13)/b6-5-. The molecule has 0 fully saturated rings. The van der Waals surface area contributed by atoms with E-state index in [4.69, 9.17) is 0 Å². The van der Waals surface area contributed by atoms with Gasteiger partial charge in [-0.3, -0.25) is 14.9 Å². The zero-order valence-electron chi connectivity index (χ0n) is 7.04. The molecule has 0 aromatic heterocycles. The Morgan fingerprint density at radius 1 is 1.08 bits per heavy atom. The second kappa shape index (κ2) is 3.67. The van der Waals surface area contributed by atoms with Crippen molar-refractivity contribution in [1.29, 1.82) is 0 Å². The number of carbonyl (C=O) groups is 2. The van der Waals surface area contributed by atoms with Crippen molar-refractivity contribution in [1.82, 2.24) is 5.32 Å². The van der Waals surface area contributed by atoms with E-state index in [-0.39, 0.29) is 0 Å². The van der Waals surface area contributed by atoms with E-state index in [0.29, 0.717) is 11.1 Å². The van der Waals surface area contributed by atoms with Crippen molar-refractivity contribution >= 4 is 11.8 Å². The molecule has 0 atom stereocenters. The molecule has 0 aliphatic carbocycles. The number of amides is 2. The number of hydrogen-bond donors (Lipinski definition) is 1. The fourth-order valence-corrected chi connectivity index (χ4v) is 1.01. The molecule has 1 N–H and O–H groups in total. The maximum atomic E-state index is 11.1. The third-order valence-electron chi connectivity index (χ3n) is 1.61. The largest absolute Gasteiger partial charge is 0.288 e. The fraction of sp³-hybridized carbons (Fsp3) is 0. The van der Waals surface area contributed by atoms with Crippen LogP contribution < -0.4 is 5.32 Å². The van der Waals surface area contributed by atoms with Crippen LogP contribution in [-0.4, -0.2) is 11.8 Å². The first kappa shape index (κ1) is 9.19. The summed E-state index contributed by atoms with van der Waals surface area (Å²) in [7, 11) is 0. The minimum Gasteiger partial charge on any atom is -0.288 e. The van der Waals surface area contributed by atoms with Crippen LogP contribution in [-0.2, 0) is 9.59 Å². The average molecular weight is 175 g/mol. The second-order valence-electron chi connectivity index (χ2n) is 2.41. The molecule has 0 saturated carbocycles. The Hall–Kier alpha value is -1.90. The Kier molecular flexibility index (Phi) is 2.59. The second-order valence-corrected chi connectivity index (χ2v) is 2.41. The lowest BCUT2D eigenvalue weighted by Gasteiger charge is -1.88. The minimum atomic E-state index is -0.399. The van der Waals surface area contributed by atoms with Gasteiger partial charge in [-0.15, -0.1) is 0 Å². The molecule has 1 aliphatic heterocycles. The normalized spacial score (nSPS) is 16.6. The predicted molar refractivity (Wildman–Crippen MR) is 49.7 cm³/mol. The van der Waals surface area contributed by atoms with Gasteiger partial charge in [0.15, 0.2) is 0 Å². The van der Waals surface area contributed by atoms with Crippen LogP contribution in [0.25, 0.3) is 0 Å². The van der Waals surface area contributed by atoms with Crippen LogP contribution in [0, 0.1) is 0 Å². The maximum Gasteiger partial charge on any atom is 0.258 e. The lowest BCUT2D eigenvalue weighted by Crippen LogP contribution is -2.22. The molecule has 0 unspecified atom stereocenters. The van der Waals surface area contributed by atoms with Gasteiger partial charge in [-0.2, -0.15) is 0 Å². The molecule has 0 aromatic carbocycles. The molecule has 1 heterocycles. The van der Waals surface area contributed by atoms with Crippen LogP contribution in [0.1, 0.15) is 0 Å². The van der Waals surface area contributed by atoms with Crippen molar-refractivity contribution in [3.63, 3.8) is 0 Å². The van der Waals surface area contributed by atoms with E-state index in [1.54, 1.807) is 6.08 Å². The lowest BCUT2D eigenvalue weighted by atomic mass is 10.1. The Morgan fingerprint density at radius 3 is 2.23 bits per heavy atom. The van der Waals surface area contributed by atoms with Crippen molar-refractivity contribution in [2.24, 2.45) is 0 Å². The van der Waals surface area contributed by atoms with Crippen molar-refractivity contribution in [3.8, 4) is 0 Å². The summed E-state index contributed by atoms with van der Waals surface area (Å²) in [6.07, 6.45) is 6.02. The van der Waals surface area contributed by atoms with E-state index in [1.165, 1.54) is 18.2 Å². The Bertz CT molecular complexity index is 348. The number of allylic oxidation sites excluding steroid dienone is 2. The van der Waals surface area contributed by atoms with Gasteiger partial charge in [-0.05, 0) is 6.08 Å². The summed E-state index contributed by atoms with van der Waals surface area (Å²) in [4.78, 5) is 22.2. The third kappa shape index (κ3) is 1.64. The summed E-state index contributed by atoms with van der Waals surface area (Å²) >= 11 is 0. The average Bonchev–Trinajstić information content (AvgIpc) is 2.37. The zero-order chi connectivity index (χ0) is 9.84. The fourth-order valence-electron chi connectivity index (χ4n) is 1.01. The molecule has 0 radical (unpaired) electrons. The van der Waals surface area contributed by atoms with Crippen LogP contribution in [0.15, 0.2) is 48.6 Å². The Balaban J connectivity index is 3.12. The molecule has 1 rings (SSSR count). The number of carbonyl (C=O) groups excluding carboxylic acids is 2. The van der Waals surface area contributed by atoms with Crippen LogP contribution in [0.5, 0.6) is 0 Å². The highest BCUT2D eigenvalue weighted by Crippen LogP contribution is 2.14. The minimum absolute atomic E-state index is 0.308. The molecule has 0 saturated heterocycles. The number of hydrogen-bond acceptors (Lipinski definition) is 2. The van der Waals surface area contributed by atoms with Gasteiger partial charge < -0.3 is 0 Å². The number of rotatable bonds is 3. The van der Waals surface area contributed by atoms with Gasteiger partial charge in [0.25, 0.3) is 11.8 Å². The summed E-state index contributed by atoms with van der Waals surface area (Å²) in [5.41, 5.74) is 0.642. The Morgan fingerprint density at radius 2 is 1.69 bits per heavy atom. The van der Waals surface area contributed by atoms with Gasteiger partial charge in [-0.25, -0.2) is 0 Å². The molecule has 3 heteroatoms. The molecular weight excluding hydrogens is 166 g/mol. The van der Waals surface area contributed by atoms with Crippen LogP contribution in [0.4, 0.5) is 0 Å². The zero-order valence-corrected chi connectivity index (χ0v) is 7.04. The van der Waals surface area contributed by atoms with Gasteiger partial charge in [0.05, 0.1) is 11.1 Å². The van der Waals surface area contributed by atoms with Gasteiger partial charge >= 0.3 is 0 Å². The first-order valence-electron chi connectivity index (χ1n) is 3.72. The van der Waals surface area contributed by atoms with Crippen molar-refractivity contribution in [2.75, 3.05) is 0 Å².